The van der Waals surface area contributed by atoms with E-state index in [-0.39, 0.29) is 0 Å². The lowest BCUT2D eigenvalue weighted by molar-refractivity contribution is 0.213. The highest BCUT2D eigenvalue weighted by molar-refractivity contribution is 6.32. The second kappa shape index (κ2) is 5.86. The number of hydrogen-bond acceptors (Lipinski definition) is 5. The SMILES string of the molecule is COc1ccc(C(O)c2ccc(Cl)c(OC)c2)nn1. The number of rotatable bonds is 4. The van der Waals surface area contributed by atoms with E-state index < -0.39 is 6.10 Å². The van der Waals surface area contributed by atoms with Crippen molar-refractivity contribution in [3.8, 4) is 11.6 Å². The molecule has 0 spiro atoms. The maximum absolute atomic E-state index is 10.2. The number of hydrogen-bond donors (Lipinski definition) is 1. The number of halogens is 1. The molecular weight excluding hydrogens is 268 g/mol. The highest BCUT2D eigenvalue weighted by atomic mass is 35.5. The lowest BCUT2D eigenvalue weighted by atomic mass is 10.1. The second-order valence-electron chi connectivity index (χ2n) is 3.80. The van der Waals surface area contributed by atoms with Gasteiger partial charge in [0.25, 0.3) is 0 Å². The molecule has 6 heteroatoms. The molecule has 1 unspecified atom stereocenters. The van der Waals surface area contributed by atoms with Gasteiger partial charge in [-0.2, -0.15) is 0 Å². The van der Waals surface area contributed by atoms with Crippen LogP contribution in [0.5, 0.6) is 11.6 Å². The van der Waals surface area contributed by atoms with Crippen LogP contribution in [-0.4, -0.2) is 29.5 Å². The molecule has 1 aromatic carbocycles. The third-order valence-electron chi connectivity index (χ3n) is 2.64. The Labute approximate surface area is 115 Å². The first-order valence-electron chi connectivity index (χ1n) is 5.55. The van der Waals surface area contributed by atoms with Gasteiger partial charge < -0.3 is 14.6 Å². The minimum atomic E-state index is -0.899. The van der Waals surface area contributed by atoms with Gasteiger partial charge in [0.2, 0.25) is 5.88 Å². The van der Waals surface area contributed by atoms with Crippen LogP contribution in [0.25, 0.3) is 0 Å². The first-order valence-corrected chi connectivity index (χ1v) is 5.92. The molecule has 1 atom stereocenters. The van der Waals surface area contributed by atoms with Crippen LogP contribution in [0.2, 0.25) is 5.02 Å². The molecule has 0 fully saturated rings. The summed E-state index contributed by atoms with van der Waals surface area (Å²) in [5.74, 6) is 0.893. The Morgan fingerprint density at radius 1 is 1.11 bits per heavy atom. The van der Waals surface area contributed by atoms with Crippen molar-refractivity contribution in [2.45, 2.75) is 6.10 Å². The summed E-state index contributed by atoms with van der Waals surface area (Å²) in [5, 5.41) is 18.4. The molecule has 0 bridgehead atoms. The van der Waals surface area contributed by atoms with E-state index in [2.05, 4.69) is 10.2 Å². The van der Waals surface area contributed by atoms with E-state index in [0.29, 0.717) is 27.9 Å². The van der Waals surface area contributed by atoms with Crippen LogP contribution < -0.4 is 9.47 Å². The maximum atomic E-state index is 10.2. The highest BCUT2D eigenvalue weighted by Gasteiger charge is 2.14. The standard InChI is InChI=1S/C13H13ClN2O3/c1-18-11-7-8(3-4-9(11)14)13(17)10-5-6-12(19-2)16-15-10/h3-7,13,17H,1-2H3. The number of benzene rings is 1. The summed E-state index contributed by atoms with van der Waals surface area (Å²) >= 11 is 5.94. The van der Waals surface area contributed by atoms with E-state index in [9.17, 15) is 5.11 Å². The van der Waals surface area contributed by atoms with Gasteiger partial charge >= 0.3 is 0 Å². The molecule has 0 saturated carbocycles. The van der Waals surface area contributed by atoms with Crippen LogP contribution in [0.15, 0.2) is 30.3 Å². The summed E-state index contributed by atoms with van der Waals surface area (Å²) in [6.45, 7) is 0. The Bertz CT molecular complexity index is 560. The molecule has 2 rings (SSSR count). The zero-order valence-corrected chi connectivity index (χ0v) is 11.3. The van der Waals surface area contributed by atoms with Gasteiger partial charge in [0.15, 0.2) is 0 Å². The van der Waals surface area contributed by atoms with Crippen LogP contribution in [0.1, 0.15) is 17.4 Å². The zero-order valence-electron chi connectivity index (χ0n) is 10.5. The van der Waals surface area contributed by atoms with Crippen LogP contribution in [0.3, 0.4) is 0 Å². The van der Waals surface area contributed by atoms with Gasteiger partial charge in [-0.3, -0.25) is 0 Å². The number of methoxy groups -OCH3 is 2. The lowest BCUT2D eigenvalue weighted by Gasteiger charge is -2.12. The van der Waals surface area contributed by atoms with Crippen LogP contribution in [0.4, 0.5) is 0 Å². The molecule has 1 aromatic heterocycles. The topological polar surface area (TPSA) is 64.5 Å². The van der Waals surface area contributed by atoms with Gasteiger partial charge in [-0.15, -0.1) is 10.2 Å². The molecule has 19 heavy (non-hydrogen) atoms. The predicted molar refractivity (Wildman–Crippen MR) is 70.6 cm³/mol. The van der Waals surface area contributed by atoms with Gasteiger partial charge in [-0.1, -0.05) is 17.7 Å². The molecule has 100 valence electrons. The molecule has 0 radical (unpaired) electrons. The fourth-order valence-corrected chi connectivity index (χ4v) is 1.80. The molecule has 1 N–H and O–H groups in total. The molecule has 0 saturated heterocycles. The zero-order chi connectivity index (χ0) is 13.8. The molecule has 0 aliphatic rings. The Kier molecular flexibility index (Phi) is 4.19. The molecular formula is C13H13ClN2O3. The van der Waals surface area contributed by atoms with E-state index in [1.54, 1.807) is 30.3 Å². The van der Waals surface area contributed by atoms with Crippen LogP contribution in [0, 0.1) is 0 Å². The first kappa shape index (κ1) is 13.6. The van der Waals surface area contributed by atoms with Crippen molar-refractivity contribution in [1.82, 2.24) is 10.2 Å². The summed E-state index contributed by atoms with van der Waals surface area (Å²) in [6.07, 6.45) is -0.899. The average Bonchev–Trinajstić information content (AvgIpc) is 2.47. The molecule has 0 aliphatic heterocycles. The number of aliphatic hydroxyl groups excluding tert-OH is 1. The van der Waals surface area contributed by atoms with E-state index in [4.69, 9.17) is 21.1 Å². The Hall–Kier alpha value is -1.85. The average molecular weight is 281 g/mol. The highest BCUT2D eigenvalue weighted by Crippen LogP contribution is 2.29. The van der Waals surface area contributed by atoms with E-state index in [1.165, 1.54) is 14.2 Å². The largest absolute Gasteiger partial charge is 0.495 e. The quantitative estimate of drug-likeness (QED) is 0.930. The summed E-state index contributed by atoms with van der Waals surface area (Å²) in [4.78, 5) is 0. The van der Waals surface area contributed by atoms with Crippen molar-refractivity contribution in [3.05, 3.63) is 46.6 Å². The molecule has 0 amide bonds. The van der Waals surface area contributed by atoms with E-state index >= 15 is 0 Å². The van der Waals surface area contributed by atoms with Gasteiger partial charge in [0, 0.05) is 6.07 Å². The Morgan fingerprint density at radius 3 is 2.47 bits per heavy atom. The second-order valence-corrected chi connectivity index (χ2v) is 4.20. The molecule has 1 heterocycles. The fraction of sp³-hybridized carbons (Fsp3) is 0.231. The number of aromatic nitrogens is 2. The summed E-state index contributed by atoms with van der Waals surface area (Å²) in [7, 11) is 3.02. The Balaban J connectivity index is 2.29. The normalized spacial score (nSPS) is 12.0. The lowest BCUT2D eigenvalue weighted by Crippen LogP contribution is -2.04. The first-order chi connectivity index (χ1) is 9.15. The summed E-state index contributed by atoms with van der Waals surface area (Å²) in [5.41, 5.74) is 1.05. The van der Waals surface area contributed by atoms with Crippen molar-refractivity contribution in [3.63, 3.8) is 0 Å². The van der Waals surface area contributed by atoms with E-state index in [1.807, 2.05) is 0 Å². The van der Waals surface area contributed by atoms with Crippen molar-refractivity contribution < 1.29 is 14.6 Å². The maximum Gasteiger partial charge on any atom is 0.233 e. The van der Waals surface area contributed by atoms with Crippen molar-refractivity contribution in [1.29, 1.82) is 0 Å². The smallest absolute Gasteiger partial charge is 0.233 e. The number of ether oxygens (including phenoxy) is 2. The van der Waals surface area contributed by atoms with E-state index in [0.717, 1.165) is 0 Å². The number of nitrogens with zero attached hydrogens (tertiary/aromatic N) is 2. The number of aliphatic hydroxyl groups is 1. The summed E-state index contributed by atoms with van der Waals surface area (Å²) in [6, 6.07) is 8.33. The minimum absolute atomic E-state index is 0.393. The van der Waals surface area contributed by atoms with Crippen molar-refractivity contribution >= 4 is 11.6 Å². The van der Waals surface area contributed by atoms with Crippen molar-refractivity contribution in [2.75, 3.05) is 14.2 Å². The van der Waals surface area contributed by atoms with Gasteiger partial charge in [-0.25, -0.2) is 0 Å². The van der Waals surface area contributed by atoms with Gasteiger partial charge in [0.1, 0.15) is 11.9 Å². The third kappa shape index (κ3) is 2.94. The van der Waals surface area contributed by atoms with Crippen LogP contribution >= 0.6 is 11.6 Å². The van der Waals surface area contributed by atoms with Crippen LogP contribution in [-0.2, 0) is 0 Å². The van der Waals surface area contributed by atoms with Gasteiger partial charge in [0.05, 0.1) is 24.9 Å². The monoisotopic (exact) mass is 280 g/mol. The van der Waals surface area contributed by atoms with Crippen molar-refractivity contribution in [2.24, 2.45) is 0 Å². The Morgan fingerprint density at radius 2 is 1.89 bits per heavy atom. The summed E-state index contributed by atoms with van der Waals surface area (Å²) < 4.78 is 10.0. The third-order valence-corrected chi connectivity index (χ3v) is 2.95. The molecule has 5 nitrogen and oxygen atoms in total. The van der Waals surface area contributed by atoms with Gasteiger partial charge in [-0.05, 0) is 23.8 Å². The fourth-order valence-electron chi connectivity index (χ4n) is 1.60. The molecule has 0 aliphatic carbocycles. The minimum Gasteiger partial charge on any atom is -0.495 e. The molecule has 2 aromatic rings. The predicted octanol–water partition coefficient (Wildman–Crippen LogP) is 2.23.